The molecular formula is C22H17FO8. The van der Waals surface area contributed by atoms with Crippen molar-refractivity contribution >= 4 is 5.97 Å². The Labute approximate surface area is 175 Å². The molecule has 5 N–H and O–H groups in total. The molecule has 8 nitrogen and oxygen atoms in total. The zero-order valence-electron chi connectivity index (χ0n) is 15.8. The number of carbonyl (C=O) groups excluding carboxylic acids is 1. The number of phenols is 5. The summed E-state index contributed by atoms with van der Waals surface area (Å²) in [6.07, 6.45) is -2.21. The molecule has 3 aromatic carbocycles. The smallest absolute Gasteiger partial charge is 0.338 e. The minimum absolute atomic E-state index is 0.0455. The summed E-state index contributed by atoms with van der Waals surface area (Å²) in [7, 11) is 0. The van der Waals surface area contributed by atoms with Crippen LogP contribution in [0.4, 0.5) is 4.39 Å². The van der Waals surface area contributed by atoms with Crippen LogP contribution in [-0.4, -0.2) is 37.6 Å². The van der Waals surface area contributed by atoms with Crippen LogP contribution in [0.1, 0.15) is 27.6 Å². The van der Waals surface area contributed by atoms with Crippen molar-refractivity contribution in [2.24, 2.45) is 0 Å². The van der Waals surface area contributed by atoms with Gasteiger partial charge in [0.25, 0.3) is 0 Å². The first-order valence-electron chi connectivity index (χ1n) is 9.16. The monoisotopic (exact) mass is 428 g/mol. The van der Waals surface area contributed by atoms with E-state index in [0.29, 0.717) is 0 Å². The van der Waals surface area contributed by atoms with Gasteiger partial charge in [0.1, 0.15) is 29.2 Å². The Kier molecular flexibility index (Phi) is 4.94. The second kappa shape index (κ2) is 7.60. The molecule has 2 atom stereocenters. The van der Waals surface area contributed by atoms with Gasteiger partial charge in [0.05, 0.1) is 5.56 Å². The molecule has 31 heavy (non-hydrogen) atoms. The molecule has 1 aliphatic rings. The van der Waals surface area contributed by atoms with Crippen molar-refractivity contribution in [3.8, 4) is 34.5 Å². The summed E-state index contributed by atoms with van der Waals surface area (Å²) in [5.41, 5.74) is 0.368. The third-order valence-electron chi connectivity index (χ3n) is 4.91. The van der Waals surface area contributed by atoms with Crippen LogP contribution in [0.15, 0.2) is 48.5 Å². The molecule has 0 fully saturated rings. The highest BCUT2D eigenvalue weighted by Gasteiger charge is 2.37. The topological polar surface area (TPSA) is 137 Å². The van der Waals surface area contributed by atoms with Crippen molar-refractivity contribution in [1.82, 2.24) is 0 Å². The predicted octanol–water partition coefficient (Wildman–Crippen LogP) is 3.26. The van der Waals surface area contributed by atoms with Gasteiger partial charge in [-0.05, 0) is 30.3 Å². The van der Waals surface area contributed by atoms with Crippen molar-refractivity contribution in [2.75, 3.05) is 0 Å². The molecule has 0 bridgehead atoms. The van der Waals surface area contributed by atoms with Crippen LogP contribution >= 0.6 is 0 Å². The number of carbonyl (C=O) groups is 1. The molecule has 0 saturated carbocycles. The summed E-state index contributed by atoms with van der Waals surface area (Å²) in [4.78, 5) is 12.6. The summed E-state index contributed by atoms with van der Waals surface area (Å²) >= 11 is 0. The number of esters is 1. The molecule has 160 valence electrons. The fourth-order valence-corrected chi connectivity index (χ4v) is 3.44. The standard InChI is InChI=1S/C22H17FO8/c23-12-3-1-2-10(4-12)22(29)31-19-9-14-15(25)7-13(24)8-18(14)30-21(19)11-5-16(26)20(28)17(27)6-11/h1-8,19,21,24-28H,9H2/t19-,21-/m1/s1. The fraction of sp³-hybridized carbons (Fsp3) is 0.136. The lowest BCUT2D eigenvalue weighted by Gasteiger charge is -2.34. The van der Waals surface area contributed by atoms with E-state index in [1.54, 1.807) is 0 Å². The van der Waals surface area contributed by atoms with Crippen LogP contribution in [0.2, 0.25) is 0 Å². The molecule has 0 amide bonds. The lowest BCUT2D eigenvalue weighted by atomic mass is 9.93. The lowest BCUT2D eigenvalue weighted by molar-refractivity contribution is -0.0189. The summed E-state index contributed by atoms with van der Waals surface area (Å²) in [6.45, 7) is 0. The number of halogens is 1. The van der Waals surface area contributed by atoms with E-state index in [0.717, 1.165) is 24.3 Å². The Morgan fingerprint density at radius 1 is 0.968 bits per heavy atom. The summed E-state index contributed by atoms with van der Waals surface area (Å²) in [6, 6.07) is 9.49. The van der Waals surface area contributed by atoms with Crippen molar-refractivity contribution < 1.29 is 44.2 Å². The number of hydrogen-bond acceptors (Lipinski definition) is 8. The third-order valence-corrected chi connectivity index (χ3v) is 4.91. The molecule has 0 saturated heterocycles. The van der Waals surface area contributed by atoms with Crippen LogP contribution < -0.4 is 4.74 Å². The zero-order chi connectivity index (χ0) is 22.3. The molecule has 0 aliphatic carbocycles. The molecule has 0 unspecified atom stereocenters. The number of benzene rings is 3. The minimum atomic E-state index is -1.09. The zero-order valence-corrected chi connectivity index (χ0v) is 15.8. The Bertz CT molecular complexity index is 1150. The van der Waals surface area contributed by atoms with Gasteiger partial charge in [-0.25, -0.2) is 9.18 Å². The van der Waals surface area contributed by atoms with Gasteiger partial charge in [-0.1, -0.05) is 6.07 Å². The van der Waals surface area contributed by atoms with E-state index in [-0.39, 0.29) is 40.4 Å². The molecule has 0 radical (unpaired) electrons. The van der Waals surface area contributed by atoms with Crippen LogP contribution in [0.5, 0.6) is 34.5 Å². The second-order valence-electron chi connectivity index (χ2n) is 7.05. The molecule has 0 aromatic heterocycles. The van der Waals surface area contributed by atoms with E-state index in [1.165, 1.54) is 24.3 Å². The molecule has 3 aromatic rings. The Hall–Kier alpha value is -4.14. The van der Waals surface area contributed by atoms with Gasteiger partial charge in [0.2, 0.25) is 0 Å². The maximum atomic E-state index is 13.5. The highest BCUT2D eigenvalue weighted by atomic mass is 19.1. The predicted molar refractivity (Wildman–Crippen MR) is 104 cm³/mol. The Balaban J connectivity index is 1.74. The highest BCUT2D eigenvalue weighted by molar-refractivity contribution is 5.89. The molecule has 4 rings (SSSR count). The quantitative estimate of drug-likeness (QED) is 0.317. The number of hydrogen-bond donors (Lipinski definition) is 5. The number of aromatic hydroxyl groups is 5. The van der Waals surface area contributed by atoms with Gasteiger partial charge >= 0.3 is 5.97 Å². The molecule has 1 heterocycles. The van der Waals surface area contributed by atoms with E-state index in [1.807, 2.05) is 0 Å². The van der Waals surface area contributed by atoms with Crippen molar-refractivity contribution in [3.05, 3.63) is 71.0 Å². The van der Waals surface area contributed by atoms with Gasteiger partial charge in [-0.3, -0.25) is 0 Å². The first kappa shape index (κ1) is 20.1. The average molecular weight is 428 g/mol. The van der Waals surface area contributed by atoms with Gasteiger partial charge in [0.15, 0.2) is 23.4 Å². The van der Waals surface area contributed by atoms with Crippen LogP contribution in [-0.2, 0) is 11.2 Å². The molecule has 9 heteroatoms. The molecule has 0 spiro atoms. The minimum Gasteiger partial charge on any atom is -0.508 e. The first-order chi connectivity index (χ1) is 14.7. The van der Waals surface area contributed by atoms with E-state index in [9.17, 15) is 34.7 Å². The summed E-state index contributed by atoms with van der Waals surface area (Å²) in [5.74, 6) is -3.91. The number of fused-ring (bicyclic) bond motifs is 1. The summed E-state index contributed by atoms with van der Waals surface area (Å²) < 4.78 is 24.8. The average Bonchev–Trinajstić information content (AvgIpc) is 2.71. The van der Waals surface area contributed by atoms with Crippen molar-refractivity contribution in [3.63, 3.8) is 0 Å². The van der Waals surface area contributed by atoms with Crippen LogP contribution in [0.25, 0.3) is 0 Å². The summed E-state index contributed by atoms with van der Waals surface area (Å²) in [5, 5.41) is 49.3. The maximum Gasteiger partial charge on any atom is 0.338 e. The van der Waals surface area contributed by atoms with Gasteiger partial charge in [-0.2, -0.15) is 0 Å². The number of phenolic OH excluding ortho intramolecular Hbond substituents is 5. The van der Waals surface area contributed by atoms with E-state index < -0.39 is 41.2 Å². The van der Waals surface area contributed by atoms with Crippen molar-refractivity contribution in [1.29, 1.82) is 0 Å². The van der Waals surface area contributed by atoms with Crippen LogP contribution in [0, 0.1) is 5.82 Å². The third kappa shape index (κ3) is 3.85. The SMILES string of the molecule is O=C(O[C@@H]1Cc2c(O)cc(O)cc2O[C@@H]1c1cc(O)c(O)c(O)c1)c1cccc(F)c1. The van der Waals surface area contributed by atoms with Crippen molar-refractivity contribution in [2.45, 2.75) is 18.6 Å². The number of rotatable bonds is 3. The largest absolute Gasteiger partial charge is 0.508 e. The first-order valence-corrected chi connectivity index (χ1v) is 9.16. The fourth-order valence-electron chi connectivity index (χ4n) is 3.44. The van der Waals surface area contributed by atoms with Gasteiger partial charge < -0.3 is 35.0 Å². The highest BCUT2D eigenvalue weighted by Crippen LogP contribution is 2.45. The van der Waals surface area contributed by atoms with E-state index in [4.69, 9.17) is 9.47 Å². The molecular weight excluding hydrogens is 411 g/mol. The normalized spacial score (nSPS) is 17.5. The Morgan fingerprint density at radius 3 is 2.35 bits per heavy atom. The van der Waals surface area contributed by atoms with Gasteiger partial charge in [0, 0.05) is 29.7 Å². The van der Waals surface area contributed by atoms with E-state index in [2.05, 4.69) is 0 Å². The van der Waals surface area contributed by atoms with E-state index >= 15 is 0 Å². The second-order valence-corrected chi connectivity index (χ2v) is 7.05. The lowest BCUT2D eigenvalue weighted by Crippen LogP contribution is -2.34. The van der Waals surface area contributed by atoms with Gasteiger partial charge in [-0.15, -0.1) is 0 Å². The van der Waals surface area contributed by atoms with Crippen LogP contribution in [0.3, 0.4) is 0 Å². The Morgan fingerprint density at radius 2 is 1.68 bits per heavy atom. The number of ether oxygens (including phenoxy) is 2. The molecule has 1 aliphatic heterocycles. The maximum absolute atomic E-state index is 13.5.